The molecule has 1 fully saturated rings. The van der Waals surface area contributed by atoms with Crippen molar-refractivity contribution in [2.75, 3.05) is 7.05 Å². The van der Waals surface area contributed by atoms with Crippen molar-refractivity contribution in [2.45, 2.75) is 16.8 Å². The first-order valence-electron chi connectivity index (χ1n) is 4.42. The zero-order valence-electron chi connectivity index (χ0n) is 8.08. The van der Waals surface area contributed by atoms with Crippen molar-refractivity contribution in [1.29, 1.82) is 0 Å². The van der Waals surface area contributed by atoms with Crippen LogP contribution in [0.3, 0.4) is 0 Å². The van der Waals surface area contributed by atoms with Gasteiger partial charge in [0.05, 0.1) is 0 Å². The molecule has 78 valence electrons. The van der Waals surface area contributed by atoms with E-state index in [1.807, 2.05) is 0 Å². The quantitative estimate of drug-likeness (QED) is 0.534. The molecule has 1 aromatic rings. The average molecular weight is 223 g/mol. The predicted molar refractivity (Wildman–Crippen MR) is 54.1 cm³/mol. The average Bonchev–Trinajstić information content (AvgIpc) is 2.48. The molecule has 1 atom stereocenters. The molecule has 5 nitrogen and oxygen atoms in total. The number of hydrogen-bond donors (Lipinski definition) is 0. The standard InChI is InChI=1S/C9H9N3O2S/c1-12-7(13)5-6(8(12)14)15-9-10-3-2-4-11-9/h2-4,6H,5H2,1H3. The Morgan fingerprint density at radius 1 is 1.40 bits per heavy atom. The highest BCUT2D eigenvalue weighted by Crippen LogP contribution is 2.27. The molecule has 1 aromatic heterocycles. The molecule has 0 radical (unpaired) electrons. The molecular formula is C9H9N3O2S. The van der Waals surface area contributed by atoms with Crippen LogP contribution in [0.15, 0.2) is 23.6 Å². The Balaban J connectivity index is 2.09. The molecule has 1 aliphatic rings. The summed E-state index contributed by atoms with van der Waals surface area (Å²) in [5.41, 5.74) is 0. The summed E-state index contributed by atoms with van der Waals surface area (Å²) in [4.78, 5) is 31.9. The molecule has 0 N–H and O–H groups in total. The summed E-state index contributed by atoms with van der Waals surface area (Å²) in [6, 6.07) is 1.71. The molecular weight excluding hydrogens is 214 g/mol. The van der Waals surface area contributed by atoms with Gasteiger partial charge in [0.25, 0.3) is 0 Å². The van der Waals surface area contributed by atoms with Gasteiger partial charge in [0.2, 0.25) is 11.8 Å². The topological polar surface area (TPSA) is 63.2 Å². The Bertz CT molecular complexity index is 396. The molecule has 0 saturated carbocycles. The normalized spacial score (nSPS) is 21.1. The first-order chi connectivity index (χ1) is 7.18. The summed E-state index contributed by atoms with van der Waals surface area (Å²) in [6.45, 7) is 0. The van der Waals surface area contributed by atoms with E-state index in [-0.39, 0.29) is 23.5 Å². The Morgan fingerprint density at radius 2 is 2.07 bits per heavy atom. The van der Waals surface area contributed by atoms with Gasteiger partial charge in [0.15, 0.2) is 5.16 Å². The van der Waals surface area contributed by atoms with Crippen molar-refractivity contribution in [1.82, 2.24) is 14.9 Å². The summed E-state index contributed by atoms with van der Waals surface area (Å²) in [7, 11) is 1.50. The Hall–Kier alpha value is -1.43. The van der Waals surface area contributed by atoms with Crippen LogP contribution >= 0.6 is 11.8 Å². The molecule has 0 aliphatic carbocycles. The van der Waals surface area contributed by atoms with Gasteiger partial charge in [-0.05, 0) is 6.07 Å². The Morgan fingerprint density at radius 3 is 2.60 bits per heavy atom. The number of carbonyl (C=O) groups is 2. The van der Waals surface area contributed by atoms with Gasteiger partial charge >= 0.3 is 0 Å². The van der Waals surface area contributed by atoms with Crippen LogP contribution < -0.4 is 0 Å². The smallest absolute Gasteiger partial charge is 0.243 e. The number of thioether (sulfide) groups is 1. The van der Waals surface area contributed by atoms with Crippen molar-refractivity contribution in [3.63, 3.8) is 0 Å². The summed E-state index contributed by atoms with van der Waals surface area (Å²) < 4.78 is 0. The lowest BCUT2D eigenvalue weighted by Gasteiger charge is -2.06. The molecule has 1 aliphatic heterocycles. The lowest BCUT2D eigenvalue weighted by atomic mass is 10.4. The largest absolute Gasteiger partial charge is 0.285 e. The van der Waals surface area contributed by atoms with Gasteiger partial charge in [0, 0.05) is 25.9 Å². The van der Waals surface area contributed by atoms with E-state index in [2.05, 4.69) is 9.97 Å². The summed E-state index contributed by atoms with van der Waals surface area (Å²) >= 11 is 1.23. The molecule has 0 aromatic carbocycles. The number of rotatable bonds is 2. The number of aromatic nitrogens is 2. The molecule has 1 unspecified atom stereocenters. The fourth-order valence-corrected chi connectivity index (χ4v) is 2.27. The van der Waals surface area contributed by atoms with Crippen molar-refractivity contribution >= 4 is 23.6 Å². The number of likely N-dealkylation sites (tertiary alicyclic amines) is 1. The van der Waals surface area contributed by atoms with Gasteiger partial charge in [0.1, 0.15) is 5.25 Å². The molecule has 2 rings (SSSR count). The van der Waals surface area contributed by atoms with Crippen molar-refractivity contribution in [3.8, 4) is 0 Å². The van der Waals surface area contributed by atoms with Crippen LogP contribution in [-0.4, -0.2) is 39.0 Å². The number of hydrogen-bond acceptors (Lipinski definition) is 5. The third-order valence-corrected chi connectivity index (χ3v) is 3.20. The fraction of sp³-hybridized carbons (Fsp3) is 0.333. The van der Waals surface area contributed by atoms with E-state index >= 15 is 0 Å². The first kappa shape index (κ1) is 10.1. The highest BCUT2D eigenvalue weighted by atomic mass is 32.2. The van der Waals surface area contributed by atoms with Crippen LogP contribution in [0.1, 0.15) is 6.42 Å². The minimum atomic E-state index is -0.370. The second kappa shape index (κ2) is 3.98. The van der Waals surface area contributed by atoms with E-state index in [1.165, 1.54) is 18.8 Å². The molecule has 2 amide bonds. The molecule has 2 heterocycles. The predicted octanol–water partition coefficient (Wildman–Crippen LogP) is 0.326. The van der Waals surface area contributed by atoms with Gasteiger partial charge in [-0.15, -0.1) is 0 Å². The molecule has 1 saturated heterocycles. The summed E-state index contributed by atoms with van der Waals surface area (Å²) in [5, 5.41) is 0.156. The number of amides is 2. The Labute approximate surface area is 90.9 Å². The molecule has 0 spiro atoms. The number of carbonyl (C=O) groups excluding carboxylic acids is 2. The van der Waals surface area contributed by atoms with Crippen LogP contribution in [0.5, 0.6) is 0 Å². The molecule has 6 heteroatoms. The maximum Gasteiger partial charge on any atom is 0.243 e. The lowest BCUT2D eigenvalue weighted by molar-refractivity contribution is -0.136. The second-order valence-electron chi connectivity index (χ2n) is 3.13. The zero-order valence-corrected chi connectivity index (χ0v) is 8.90. The van der Waals surface area contributed by atoms with Crippen LogP contribution in [0.4, 0.5) is 0 Å². The summed E-state index contributed by atoms with van der Waals surface area (Å²) in [5.74, 6) is -0.314. The van der Waals surface area contributed by atoms with E-state index in [9.17, 15) is 9.59 Å². The SMILES string of the molecule is CN1C(=O)CC(Sc2ncccn2)C1=O. The lowest BCUT2D eigenvalue weighted by Crippen LogP contribution is -2.26. The van der Waals surface area contributed by atoms with Gasteiger partial charge in [-0.3, -0.25) is 14.5 Å². The zero-order chi connectivity index (χ0) is 10.8. The number of nitrogens with zero attached hydrogens (tertiary/aromatic N) is 3. The monoisotopic (exact) mass is 223 g/mol. The van der Waals surface area contributed by atoms with Gasteiger partial charge in [-0.2, -0.15) is 0 Å². The van der Waals surface area contributed by atoms with Gasteiger partial charge in [-0.25, -0.2) is 9.97 Å². The van der Waals surface area contributed by atoms with Gasteiger partial charge in [-0.1, -0.05) is 11.8 Å². The van der Waals surface area contributed by atoms with E-state index in [4.69, 9.17) is 0 Å². The minimum Gasteiger partial charge on any atom is -0.285 e. The van der Waals surface area contributed by atoms with E-state index in [0.717, 1.165) is 4.90 Å². The Kier molecular flexibility index (Phi) is 2.68. The van der Waals surface area contributed by atoms with E-state index in [1.54, 1.807) is 18.5 Å². The summed E-state index contributed by atoms with van der Waals surface area (Å²) in [6.07, 6.45) is 3.46. The van der Waals surface area contributed by atoms with Crippen LogP contribution in [-0.2, 0) is 9.59 Å². The van der Waals surface area contributed by atoms with Crippen molar-refractivity contribution in [2.24, 2.45) is 0 Å². The first-order valence-corrected chi connectivity index (χ1v) is 5.30. The van der Waals surface area contributed by atoms with Crippen LogP contribution in [0, 0.1) is 0 Å². The number of imide groups is 1. The van der Waals surface area contributed by atoms with E-state index in [0.29, 0.717) is 5.16 Å². The highest BCUT2D eigenvalue weighted by molar-refractivity contribution is 8.00. The van der Waals surface area contributed by atoms with E-state index < -0.39 is 0 Å². The van der Waals surface area contributed by atoms with Gasteiger partial charge < -0.3 is 0 Å². The second-order valence-corrected chi connectivity index (χ2v) is 4.30. The third kappa shape index (κ3) is 1.99. The maximum atomic E-state index is 11.5. The van der Waals surface area contributed by atoms with Crippen LogP contribution in [0.25, 0.3) is 0 Å². The maximum absolute atomic E-state index is 11.5. The highest BCUT2D eigenvalue weighted by Gasteiger charge is 2.37. The third-order valence-electron chi connectivity index (χ3n) is 2.13. The molecule has 15 heavy (non-hydrogen) atoms. The van der Waals surface area contributed by atoms with Crippen LogP contribution in [0.2, 0.25) is 0 Å². The van der Waals surface area contributed by atoms with Crippen molar-refractivity contribution < 1.29 is 9.59 Å². The minimum absolute atomic E-state index is 0.145. The molecule has 0 bridgehead atoms. The van der Waals surface area contributed by atoms with Crippen molar-refractivity contribution in [3.05, 3.63) is 18.5 Å². The fourth-order valence-electron chi connectivity index (χ4n) is 1.29.